The molecule has 0 heterocycles. The molecule has 0 radical (unpaired) electrons. The second-order valence-electron chi connectivity index (χ2n) is 5.70. The van der Waals surface area contributed by atoms with Gasteiger partial charge in [0.2, 0.25) is 0 Å². The number of carbonyl (C=O) groups excluding carboxylic acids is 2. The highest BCUT2D eigenvalue weighted by Crippen LogP contribution is 2.39. The standard InChI is InChI=1S/C18H13ClF2O4/c1-9-6-13(22)18-15(5-3-12(21)17(9)18)25-16(23)8-24-14-4-2-10(20)7-11(14)19/h2-5,7,9H,6,8H2,1H3. The van der Waals surface area contributed by atoms with Crippen LogP contribution in [-0.2, 0) is 4.79 Å². The molecule has 2 aromatic rings. The zero-order valence-electron chi connectivity index (χ0n) is 13.1. The van der Waals surface area contributed by atoms with E-state index in [-0.39, 0.29) is 45.8 Å². The number of fused-ring (bicyclic) bond motifs is 1. The first-order chi connectivity index (χ1) is 11.9. The van der Waals surface area contributed by atoms with E-state index >= 15 is 0 Å². The maximum atomic E-state index is 13.9. The van der Waals surface area contributed by atoms with E-state index in [0.29, 0.717) is 0 Å². The molecule has 0 fully saturated rings. The maximum absolute atomic E-state index is 13.9. The molecule has 0 aromatic heterocycles. The molecule has 4 nitrogen and oxygen atoms in total. The molecule has 3 rings (SSSR count). The van der Waals surface area contributed by atoms with Crippen molar-refractivity contribution in [3.05, 3.63) is 58.1 Å². The van der Waals surface area contributed by atoms with Crippen molar-refractivity contribution >= 4 is 23.4 Å². The van der Waals surface area contributed by atoms with Gasteiger partial charge in [0.25, 0.3) is 0 Å². The summed E-state index contributed by atoms with van der Waals surface area (Å²) in [4.78, 5) is 24.0. The van der Waals surface area contributed by atoms with Crippen LogP contribution in [0.15, 0.2) is 30.3 Å². The maximum Gasteiger partial charge on any atom is 0.349 e. The van der Waals surface area contributed by atoms with Gasteiger partial charge >= 0.3 is 5.97 Å². The SMILES string of the molecule is CC1CC(=O)c2c(OC(=O)COc3ccc(F)cc3Cl)ccc(F)c21. The van der Waals surface area contributed by atoms with E-state index in [2.05, 4.69) is 0 Å². The first-order valence-corrected chi connectivity index (χ1v) is 7.88. The second kappa shape index (κ2) is 6.80. The Morgan fingerprint density at radius 3 is 2.68 bits per heavy atom. The summed E-state index contributed by atoms with van der Waals surface area (Å²) in [5, 5.41) is 0.0134. The number of rotatable bonds is 4. The fraction of sp³-hybridized carbons (Fsp3) is 0.222. The molecule has 0 saturated heterocycles. The lowest BCUT2D eigenvalue weighted by Gasteiger charge is -2.11. The number of benzene rings is 2. The molecule has 0 amide bonds. The third-order valence-electron chi connectivity index (χ3n) is 3.88. The van der Waals surface area contributed by atoms with Crippen LogP contribution in [0.25, 0.3) is 0 Å². The number of halogens is 3. The quantitative estimate of drug-likeness (QED) is 0.598. The van der Waals surface area contributed by atoms with Crippen molar-refractivity contribution in [3.8, 4) is 11.5 Å². The summed E-state index contributed by atoms with van der Waals surface area (Å²) >= 11 is 5.80. The predicted molar refractivity (Wildman–Crippen MR) is 86.3 cm³/mol. The fourth-order valence-corrected chi connectivity index (χ4v) is 3.01. The molecule has 1 aliphatic rings. The van der Waals surface area contributed by atoms with E-state index in [1.165, 1.54) is 12.1 Å². The van der Waals surface area contributed by atoms with Gasteiger partial charge in [0.15, 0.2) is 12.4 Å². The minimum atomic E-state index is -0.790. The highest BCUT2D eigenvalue weighted by atomic mass is 35.5. The predicted octanol–water partition coefficient (Wildman–Crippen LogP) is 4.29. The van der Waals surface area contributed by atoms with Crippen molar-refractivity contribution < 1.29 is 27.8 Å². The van der Waals surface area contributed by atoms with E-state index in [0.717, 1.165) is 18.2 Å². The average Bonchev–Trinajstić information content (AvgIpc) is 2.85. The van der Waals surface area contributed by atoms with Gasteiger partial charge in [-0.2, -0.15) is 0 Å². The Morgan fingerprint density at radius 2 is 1.96 bits per heavy atom. The Hall–Kier alpha value is -2.47. The smallest absolute Gasteiger partial charge is 0.349 e. The molecule has 2 aromatic carbocycles. The van der Waals surface area contributed by atoms with Gasteiger partial charge in [0.1, 0.15) is 23.1 Å². The number of esters is 1. The number of hydrogen-bond donors (Lipinski definition) is 0. The number of hydrogen-bond acceptors (Lipinski definition) is 4. The molecule has 25 heavy (non-hydrogen) atoms. The van der Waals surface area contributed by atoms with Crippen molar-refractivity contribution in [1.29, 1.82) is 0 Å². The largest absolute Gasteiger partial charge is 0.480 e. The van der Waals surface area contributed by atoms with Crippen LogP contribution in [-0.4, -0.2) is 18.4 Å². The lowest BCUT2D eigenvalue weighted by Crippen LogP contribution is -2.19. The number of ketones is 1. The van der Waals surface area contributed by atoms with E-state index in [9.17, 15) is 18.4 Å². The van der Waals surface area contributed by atoms with Crippen molar-refractivity contribution in [2.75, 3.05) is 6.61 Å². The highest BCUT2D eigenvalue weighted by molar-refractivity contribution is 6.32. The molecule has 130 valence electrons. The Kier molecular flexibility index (Phi) is 4.72. The third-order valence-corrected chi connectivity index (χ3v) is 4.18. The van der Waals surface area contributed by atoms with Crippen LogP contribution in [0.3, 0.4) is 0 Å². The van der Waals surface area contributed by atoms with Crippen molar-refractivity contribution in [1.82, 2.24) is 0 Å². The van der Waals surface area contributed by atoms with Crippen molar-refractivity contribution in [2.45, 2.75) is 19.3 Å². The molecule has 0 bridgehead atoms. The topological polar surface area (TPSA) is 52.6 Å². The van der Waals surface area contributed by atoms with Gasteiger partial charge in [0.05, 0.1) is 10.6 Å². The molecular formula is C18H13ClF2O4. The van der Waals surface area contributed by atoms with Crippen molar-refractivity contribution in [2.24, 2.45) is 0 Å². The van der Waals surface area contributed by atoms with Crippen LogP contribution in [0, 0.1) is 11.6 Å². The monoisotopic (exact) mass is 366 g/mol. The Balaban J connectivity index is 1.73. The minimum Gasteiger partial charge on any atom is -0.480 e. The van der Waals surface area contributed by atoms with Gasteiger partial charge in [-0.3, -0.25) is 4.79 Å². The van der Waals surface area contributed by atoms with Crippen molar-refractivity contribution in [3.63, 3.8) is 0 Å². The summed E-state index contributed by atoms with van der Waals surface area (Å²) in [6.07, 6.45) is 0.169. The third kappa shape index (κ3) is 3.49. The summed E-state index contributed by atoms with van der Waals surface area (Å²) in [6, 6.07) is 5.88. The Bertz CT molecular complexity index is 866. The first kappa shape index (κ1) is 17.4. The van der Waals surface area contributed by atoms with E-state index in [1.807, 2.05) is 0 Å². The molecule has 0 N–H and O–H groups in total. The molecular weight excluding hydrogens is 354 g/mol. The van der Waals surface area contributed by atoms with Gasteiger partial charge in [-0.1, -0.05) is 18.5 Å². The number of carbonyl (C=O) groups is 2. The fourth-order valence-electron chi connectivity index (χ4n) is 2.79. The average molecular weight is 367 g/mol. The number of Topliss-reactive ketones (excluding diaryl/α,β-unsaturated/α-hetero) is 1. The molecule has 0 saturated carbocycles. The van der Waals surface area contributed by atoms with Crippen LogP contribution in [0.4, 0.5) is 8.78 Å². The van der Waals surface area contributed by atoms with Crippen LogP contribution >= 0.6 is 11.6 Å². The highest BCUT2D eigenvalue weighted by Gasteiger charge is 2.33. The molecule has 1 atom stereocenters. The first-order valence-electron chi connectivity index (χ1n) is 7.51. The zero-order valence-corrected chi connectivity index (χ0v) is 13.9. The van der Waals surface area contributed by atoms with Crippen LogP contribution in [0.1, 0.15) is 35.2 Å². The number of ether oxygens (including phenoxy) is 2. The molecule has 0 spiro atoms. The molecule has 1 unspecified atom stereocenters. The molecule has 1 aliphatic carbocycles. The summed E-state index contributed by atoms with van der Waals surface area (Å²) in [6.45, 7) is 1.24. The summed E-state index contributed by atoms with van der Waals surface area (Å²) in [5.74, 6) is -2.24. The van der Waals surface area contributed by atoms with Gasteiger partial charge < -0.3 is 9.47 Å². The van der Waals surface area contributed by atoms with E-state index in [4.69, 9.17) is 21.1 Å². The van der Waals surface area contributed by atoms with Gasteiger partial charge in [0, 0.05) is 12.0 Å². The summed E-state index contributed by atoms with van der Waals surface area (Å²) < 4.78 is 37.2. The lowest BCUT2D eigenvalue weighted by atomic mass is 10.0. The van der Waals surface area contributed by atoms with E-state index < -0.39 is 24.2 Å². The second-order valence-corrected chi connectivity index (χ2v) is 6.11. The lowest BCUT2D eigenvalue weighted by molar-refractivity contribution is -0.136. The summed E-state index contributed by atoms with van der Waals surface area (Å²) in [7, 11) is 0. The molecule has 7 heteroatoms. The molecule has 0 aliphatic heterocycles. The van der Waals surface area contributed by atoms with Gasteiger partial charge in [-0.05, 0) is 36.2 Å². The Morgan fingerprint density at radius 1 is 1.24 bits per heavy atom. The van der Waals surface area contributed by atoms with Crippen LogP contribution in [0.2, 0.25) is 5.02 Å². The van der Waals surface area contributed by atoms with Crippen LogP contribution in [0.5, 0.6) is 11.5 Å². The van der Waals surface area contributed by atoms with Gasteiger partial charge in [-0.15, -0.1) is 0 Å². The zero-order chi connectivity index (χ0) is 18.1. The van der Waals surface area contributed by atoms with Crippen LogP contribution < -0.4 is 9.47 Å². The normalized spacial score (nSPS) is 15.8. The minimum absolute atomic E-state index is 0.00422. The van der Waals surface area contributed by atoms with E-state index in [1.54, 1.807) is 6.92 Å². The Labute approximate surface area is 147 Å². The summed E-state index contributed by atoms with van der Waals surface area (Å²) in [5.41, 5.74) is 0.360. The van der Waals surface area contributed by atoms with Gasteiger partial charge in [-0.25, -0.2) is 13.6 Å².